The van der Waals surface area contributed by atoms with E-state index in [1.54, 1.807) is 19.2 Å². The number of benzene rings is 1. The Hall–Kier alpha value is -2.22. The molecule has 1 aromatic carbocycles. The zero-order valence-electron chi connectivity index (χ0n) is 13.8. The molecule has 24 heavy (non-hydrogen) atoms. The lowest BCUT2D eigenvalue weighted by molar-refractivity contribution is -0.146. The maximum atomic E-state index is 11.6. The maximum Gasteiger partial charge on any atom is 0.316 e. The highest BCUT2D eigenvalue weighted by Crippen LogP contribution is 2.21. The Bertz CT molecular complexity index is 548. The lowest BCUT2D eigenvalue weighted by atomic mass is 10.3. The minimum atomic E-state index is -0.510. The van der Waals surface area contributed by atoms with Crippen LogP contribution in [0.4, 0.5) is 0 Å². The SMILES string of the molecule is CCCNC(=O)CNC(=O)COC(=O)CSc1ccc(OC)cc1. The second-order valence-corrected chi connectivity index (χ2v) is 5.80. The van der Waals surface area contributed by atoms with Gasteiger partial charge in [0.05, 0.1) is 19.4 Å². The van der Waals surface area contributed by atoms with Gasteiger partial charge >= 0.3 is 5.97 Å². The predicted octanol–water partition coefficient (Wildman–Crippen LogP) is 0.973. The van der Waals surface area contributed by atoms with Crippen molar-refractivity contribution in [1.82, 2.24) is 10.6 Å². The number of nitrogens with one attached hydrogen (secondary N) is 2. The first-order chi connectivity index (χ1) is 11.5. The molecule has 0 aliphatic heterocycles. The second-order valence-electron chi connectivity index (χ2n) is 4.75. The number of amides is 2. The van der Waals surface area contributed by atoms with Gasteiger partial charge in [-0.05, 0) is 30.7 Å². The molecule has 8 heteroatoms. The van der Waals surface area contributed by atoms with Crippen LogP contribution in [0.15, 0.2) is 29.2 Å². The van der Waals surface area contributed by atoms with Crippen LogP contribution in [0.1, 0.15) is 13.3 Å². The van der Waals surface area contributed by atoms with Crippen molar-refractivity contribution in [3.05, 3.63) is 24.3 Å². The molecule has 2 N–H and O–H groups in total. The van der Waals surface area contributed by atoms with Crippen LogP contribution < -0.4 is 15.4 Å². The Morgan fingerprint density at radius 1 is 1.08 bits per heavy atom. The topological polar surface area (TPSA) is 93.7 Å². The summed E-state index contributed by atoms with van der Waals surface area (Å²) < 4.78 is 9.90. The van der Waals surface area contributed by atoms with E-state index in [1.165, 1.54) is 11.8 Å². The number of carbonyl (C=O) groups excluding carboxylic acids is 3. The molecular formula is C16H22N2O5S. The standard InChI is InChI=1S/C16H22N2O5S/c1-3-8-17-14(19)9-18-15(20)10-23-16(21)11-24-13-6-4-12(22-2)5-7-13/h4-7H,3,8-11H2,1-2H3,(H,17,19)(H,18,20). The lowest BCUT2D eigenvalue weighted by Gasteiger charge is -2.07. The molecule has 0 aliphatic carbocycles. The van der Waals surface area contributed by atoms with E-state index >= 15 is 0 Å². The molecule has 0 bridgehead atoms. The van der Waals surface area contributed by atoms with Crippen molar-refractivity contribution in [2.45, 2.75) is 18.2 Å². The summed E-state index contributed by atoms with van der Waals surface area (Å²) in [6, 6.07) is 7.26. The Morgan fingerprint density at radius 3 is 2.42 bits per heavy atom. The molecule has 7 nitrogen and oxygen atoms in total. The zero-order valence-corrected chi connectivity index (χ0v) is 14.6. The molecule has 1 aromatic rings. The van der Waals surface area contributed by atoms with Gasteiger partial charge in [-0.15, -0.1) is 11.8 Å². The van der Waals surface area contributed by atoms with Gasteiger partial charge in [0.15, 0.2) is 6.61 Å². The molecule has 0 unspecified atom stereocenters. The molecule has 0 saturated heterocycles. The van der Waals surface area contributed by atoms with Crippen molar-refractivity contribution in [3.63, 3.8) is 0 Å². The average molecular weight is 354 g/mol. The van der Waals surface area contributed by atoms with Crippen molar-refractivity contribution in [2.24, 2.45) is 0 Å². The normalized spacial score (nSPS) is 9.92. The number of ether oxygens (including phenoxy) is 2. The Kier molecular flexibility index (Phi) is 9.36. The van der Waals surface area contributed by atoms with E-state index < -0.39 is 18.5 Å². The number of thioether (sulfide) groups is 1. The summed E-state index contributed by atoms with van der Waals surface area (Å²) in [7, 11) is 1.58. The van der Waals surface area contributed by atoms with Crippen LogP contribution in [0.3, 0.4) is 0 Å². The maximum absolute atomic E-state index is 11.6. The third-order valence-electron chi connectivity index (χ3n) is 2.80. The van der Waals surface area contributed by atoms with Gasteiger partial charge in [0.2, 0.25) is 5.91 Å². The van der Waals surface area contributed by atoms with E-state index in [0.717, 1.165) is 17.1 Å². The first kappa shape index (κ1) is 19.8. The van der Waals surface area contributed by atoms with Crippen LogP contribution in [0.5, 0.6) is 5.75 Å². The van der Waals surface area contributed by atoms with Gasteiger partial charge in [-0.3, -0.25) is 14.4 Å². The molecule has 0 aliphatic rings. The fourth-order valence-corrected chi connectivity index (χ4v) is 2.26. The van der Waals surface area contributed by atoms with Gasteiger partial charge < -0.3 is 20.1 Å². The predicted molar refractivity (Wildman–Crippen MR) is 91.0 cm³/mol. The average Bonchev–Trinajstić information content (AvgIpc) is 2.61. The van der Waals surface area contributed by atoms with Gasteiger partial charge in [0.25, 0.3) is 5.91 Å². The molecule has 0 aromatic heterocycles. The van der Waals surface area contributed by atoms with Gasteiger partial charge in [-0.1, -0.05) is 6.92 Å². The number of hydrogen-bond donors (Lipinski definition) is 2. The van der Waals surface area contributed by atoms with E-state index in [1.807, 2.05) is 19.1 Å². The van der Waals surface area contributed by atoms with E-state index in [-0.39, 0.29) is 18.2 Å². The molecule has 0 saturated carbocycles. The van der Waals surface area contributed by atoms with Crippen molar-refractivity contribution in [3.8, 4) is 5.75 Å². The molecule has 0 heterocycles. The first-order valence-electron chi connectivity index (χ1n) is 7.51. The fourth-order valence-electron chi connectivity index (χ4n) is 1.56. The van der Waals surface area contributed by atoms with Crippen LogP contribution in [0.25, 0.3) is 0 Å². The molecule has 0 radical (unpaired) electrons. The molecule has 0 atom stereocenters. The number of methoxy groups -OCH3 is 1. The number of carbonyl (C=O) groups is 3. The summed E-state index contributed by atoms with van der Waals surface area (Å²) in [5.74, 6) is -0.449. The highest BCUT2D eigenvalue weighted by atomic mass is 32.2. The van der Waals surface area contributed by atoms with E-state index in [2.05, 4.69) is 10.6 Å². The third-order valence-corrected chi connectivity index (χ3v) is 3.78. The van der Waals surface area contributed by atoms with Crippen LogP contribution in [-0.2, 0) is 19.1 Å². The van der Waals surface area contributed by atoms with Crippen LogP contribution in [0, 0.1) is 0 Å². The van der Waals surface area contributed by atoms with Gasteiger partial charge in [-0.25, -0.2) is 0 Å². The summed E-state index contributed by atoms with van der Waals surface area (Å²) in [5.41, 5.74) is 0. The Labute approximate surface area is 145 Å². The van der Waals surface area contributed by atoms with Crippen molar-refractivity contribution in [2.75, 3.05) is 32.6 Å². The highest BCUT2D eigenvalue weighted by Gasteiger charge is 2.09. The molecule has 1 rings (SSSR count). The van der Waals surface area contributed by atoms with E-state index in [0.29, 0.717) is 6.54 Å². The summed E-state index contributed by atoms with van der Waals surface area (Å²) in [6.07, 6.45) is 0.823. The summed E-state index contributed by atoms with van der Waals surface area (Å²) in [4.78, 5) is 35.3. The largest absolute Gasteiger partial charge is 0.497 e. The monoisotopic (exact) mass is 354 g/mol. The smallest absolute Gasteiger partial charge is 0.316 e. The highest BCUT2D eigenvalue weighted by molar-refractivity contribution is 8.00. The minimum absolute atomic E-state index is 0.0938. The lowest BCUT2D eigenvalue weighted by Crippen LogP contribution is -2.39. The number of rotatable bonds is 10. The molecule has 132 valence electrons. The van der Waals surface area contributed by atoms with Gasteiger partial charge in [0, 0.05) is 11.4 Å². The quantitative estimate of drug-likeness (QED) is 0.480. The summed E-state index contributed by atoms with van der Waals surface area (Å²) >= 11 is 1.30. The van der Waals surface area contributed by atoms with Crippen LogP contribution >= 0.6 is 11.8 Å². The van der Waals surface area contributed by atoms with Crippen molar-refractivity contribution in [1.29, 1.82) is 0 Å². The Balaban J connectivity index is 2.18. The molecule has 0 spiro atoms. The fraction of sp³-hybridized carbons (Fsp3) is 0.438. The van der Waals surface area contributed by atoms with Crippen molar-refractivity contribution < 1.29 is 23.9 Å². The Morgan fingerprint density at radius 2 is 1.79 bits per heavy atom. The first-order valence-corrected chi connectivity index (χ1v) is 8.49. The zero-order chi connectivity index (χ0) is 17.8. The van der Waals surface area contributed by atoms with Gasteiger partial charge in [-0.2, -0.15) is 0 Å². The van der Waals surface area contributed by atoms with Crippen LogP contribution in [-0.4, -0.2) is 50.3 Å². The second kappa shape index (κ2) is 11.3. The molecule has 0 fully saturated rings. The molecular weight excluding hydrogens is 332 g/mol. The summed E-state index contributed by atoms with van der Waals surface area (Å²) in [5, 5.41) is 5.01. The van der Waals surface area contributed by atoms with Crippen molar-refractivity contribution >= 4 is 29.5 Å². The molecule has 2 amide bonds. The van der Waals surface area contributed by atoms with Gasteiger partial charge in [0.1, 0.15) is 5.75 Å². The van der Waals surface area contributed by atoms with E-state index in [9.17, 15) is 14.4 Å². The van der Waals surface area contributed by atoms with Crippen LogP contribution in [0.2, 0.25) is 0 Å². The minimum Gasteiger partial charge on any atom is -0.497 e. The summed E-state index contributed by atoms with van der Waals surface area (Å²) in [6.45, 7) is 1.97. The third kappa shape index (κ3) is 8.42. The number of hydrogen-bond acceptors (Lipinski definition) is 6. The van der Waals surface area contributed by atoms with E-state index in [4.69, 9.17) is 9.47 Å². The number of esters is 1.